The first kappa shape index (κ1) is 21.7. The fourth-order valence-corrected chi connectivity index (χ4v) is 3.45. The second kappa shape index (κ2) is 10.6. The number of nitrogens with zero attached hydrogens (tertiary/aromatic N) is 2. The SMILES string of the molecule is CN=C(NCCc1c(OC)cc(OC)cc1OC)N1CCC(C(=O)OC)CC1. The number of nitrogens with one attached hydrogen (secondary N) is 1. The van der Waals surface area contributed by atoms with Crippen molar-refractivity contribution >= 4 is 11.9 Å². The average Bonchev–Trinajstić information content (AvgIpc) is 2.75. The van der Waals surface area contributed by atoms with Gasteiger partial charge in [-0.3, -0.25) is 9.79 Å². The monoisotopic (exact) mass is 393 g/mol. The van der Waals surface area contributed by atoms with Gasteiger partial charge in [0.15, 0.2) is 5.96 Å². The Morgan fingerprint density at radius 1 is 1.11 bits per heavy atom. The van der Waals surface area contributed by atoms with E-state index in [1.165, 1.54) is 7.11 Å². The highest BCUT2D eigenvalue weighted by atomic mass is 16.5. The predicted molar refractivity (Wildman–Crippen MR) is 107 cm³/mol. The van der Waals surface area contributed by atoms with Crippen LogP contribution in [0.4, 0.5) is 0 Å². The van der Waals surface area contributed by atoms with Gasteiger partial charge < -0.3 is 29.2 Å². The van der Waals surface area contributed by atoms with Crippen LogP contribution in [0.5, 0.6) is 17.2 Å². The number of benzene rings is 1. The van der Waals surface area contributed by atoms with Gasteiger partial charge in [-0.25, -0.2) is 0 Å². The minimum atomic E-state index is -0.124. The fraction of sp³-hybridized carbons (Fsp3) is 0.600. The summed E-state index contributed by atoms with van der Waals surface area (Å²) in [4.78, 5) is 18.2. The molecule has 0 atom stereocenters. The molecule has 1 aliphatic heterocycles. The number of carbonyl (C=O) groups excluding carboxylic acids is 1. The van der Waals surface area contributed by atoms with Crippen LogP contribution in [0.3, 0.4) is 0 Å². The molecule has 2 rings (SSSR count). The zero-order valence-electron chi connectivity index (χ0n) is 17.4. The highest BCUT2D eigenvalue weighted by molar-refractivity contribution is 5.80. The zero-order valence-corrected chi connectivity index (χ0v) is 17.4. The smallest absolute Gasteiger partial charge is 0.308 e. The van der Waals surface area contributed by atoms with Gasteiger partial charge in [0.2, 0.25) is 0 Å². The Morgan fingerprint density at radius 2 is 1.71 bits per heavy atom. The molecular formula is C20H31N3O5. The Kier molecular flexibility index (Phi) is 8.22. The standard InChI is InChI=1S/C20H31N3O5/c1-21-20(23-10-7-14(8-11-23)19(24)28-5)22-9-6-16-17(26-3)12-15(25-2)13-18(16)27-4/h12-14H,6-11H2,1-5H3,(H,21,22). The fourth-order valence-electron chi connectivity index (χ4n) is 3.45. The molecule has 0 unspecified atom stereocenters. The number of guanidine groups is 1. The summed E-state index contributed by atoms with van der Waals surface area (Å²) in [5.74, 6) is 2.83. The van der Waals surface area contributed by atoms with Crippen LogP contribution < -0.4 is 19.5 Å². The van der Waals surface area contributed by atoms with Crippen LogP contribution in [0, 0.1) is 5.92 Å². The van der Waals surface area contributed by atoms with E-state index in [-0.39, 0.29) is 11.9 Å². The minimum Gasteiger partial charge on any atom is -0.496 e. The van der Waals surface area contributed by atoms with Crippen molar-refractivity contribution in [1.82, 2.24) is 10.2 Å². The normalized spacial score (nSPS) is 15.2. The Morgan fingerprint density at radius 3 is 2.18 bits per heavy atom. The van der Waals surface area contributed by atoms with Gasteiger partial charge in [-0.05, 0) is 19.3 Å². The summed E-state index contributed by atoms with van der Waals surface area (Å²) < 4.78 is 21.1. The third kappa shape index (κ3) is 5.21. The summed E-state index contributed by atoms with van der Waals surface area (Å²) in [6.07, 6.45) is 2.25. The van der Waals surface area contributed by atoms with Gasteiger partial charge in [-0.1, -0.05) is 0 Å². The predicted octanol–water partition coefficient (Wildman–Crippen LogP) is 1.72. The van der Waals surface area contributed by atoms with E-state index in [9.17, 15) is 4.79 Å². The molecule has 0 aliphatic carbocycles. The van der Waals surface area contributed by atoms with E-state index in [1.54, 1.807) is 28.4 Å². The zero-order chi connectivity index (χ0) is 20.5. The van der Waals surface area contributed by atoms with Gasteiger partial charge in [0, 0.05) is 44.4 Å². The van der Waals surface area contributed by atoms with E-state index in [0.717, 1.165) is 49.0 Å². The maximum Gasteiger partial charge on any atom is 0.308 e. The summed E-state index contributed by atoms with van der Waals surface area (Å²) in [5, 5.41) is 3.39. The van der Waals surface area contributed by atoms with Gasteiger partial charge in [0.05, 0.1) is 34.4 Å². The number of aliphatic imine (C=N–C) groups is 1. The van der Waals surface area contributed by atoms with Gasteiger partial charge in [-0.2, -0.15) is 0 Å². The molecule has 0 amide bonds. The number of likely N-dealkylation sites (tertiary alicyclic amines) is 1. The van der Waals surface area contributed by atoms with Crippen molar-refractivity contribution in [2.75, 3.05) is 55.1 Å². The number of piperidine rings is 1. The Bertz CT molecular complexity index is 659. The van der Waals surface area contributed by atoms with Gasteiger partial charge >= 0.3 is 5.97 Å². The van der Waals surface area contributed by atoms with E-state index in [1.807, 2.05) is 12.1 Å². The Hall–Kier alpha value is -2.64. The molecule has 8 heteroatoms. The molecule has 0 radical (unpaired) electrons. The van der Waals surface area contributed by atoms with Crippen molar-refractivity contribution in [3.63, 3.8) is 0 Å². The van der Waals surface area contributed by atoms with Crippen molar-refractivity contribution in [1.29, 1.82) is 0 Å². The van der Waals surface area contributed by atoms with E-state index >= 15 is 0 Å². The molecule has 8 nitrogen and oxygen atoms in total. The number of rotatable bonds is 7. The lowest BCUT2D eigenvalue weighted by atomic mass is 9.97. The molecule has 1 aromatic carbocycles. The quantitative estimate of drug-likeness (QED) is 0.429. The maximum absolute atomic E-state index is 11.7. The van der Waals surface area contributed by atoms with Crippen molar-refractivity contribution in [3.05, 3.63) is 17.7 Å². The molecule has 1 aromatic rings. The molecule has 1 N–H and O–H groups in total. The molecule has 28 heavy (non-hydrogen) atoms. The average molecular weight is 393 g/mol. The topological polar surface area (TPSA) is 81.6 Å². The van der Waals surface area contributed by atoms with Crippen molar-refractivity contribution in [2.45, 2.75) is 19.3 Å². The van der Waals surface area contributed by atoms with E-state index in [0.29, 0.717) is 18.7 Å². The highest BCUT2D eigenvalue weighted by Crippen LogP contribution is 2.34. The molecule has 1 fully saturated rings. The van der Waals surface area contributed by atoms with E-state index < -0.39 is 0 Å². The first-order chi connectivity index (χ1) is 13.6. The number of hydrogen-bond acceptors (Lipinski definition) is 6. The third-order valence-corrected chi connectivity index (χ3v) is 5.02. The first-order valence-corrected chi connectivity index (χ1v) is 9.40. The van der Waals surface area contributed by atoms with Gasteiger partial charge in [0.25, 0.3) is 0 Å². The Balaban J connectivity index is 1.96. The largest absolute Gasteiger partial charge is 0.496 e. The lowest BCUT2D eigenvalue weighted by Crippen LogP contribution is -2.47. The lowest BCUT2D eigenvalue weighted by Gasteiger charge is -2.33. The number of ether oxygens (including phenoxy) is 4. The summed E-state index contributed by atoms with van der Waals surface area (Å²) in [6.45, 7) is 2.21. The summed E-state index contributed by atoms with van der Waals surface area (Å²) >= 11 is 0. The van der Waals surface area contributed by atoms with Crippen LogP contribution in [0.25, 0.3) is 0 Å². The molecule has 156 valence electrons. The lowest BCUT2D eigenvalue weighted by molar-refractivity contribution is -0.146. The van der Waals surface area contributed by atoms with Gasteiger partial charge in [0.1, 0.15) is 17.2 Å². The molecule has 0 spiro atoms. The highest BCUT2D eigenvalue weighted by Gasteiger charge is 2.27. The second-order valence-corrected chi connectivity index (χ2v) is 6.52. The molecule has 1 heterocycles. The van der Waals surface area contributed by atoms with Crippen molar-refractivity contribution in [3.8, 4) is 17.2 Å². The number of hydrogen-bond donors (Lipinski definition) is 1. The van der Waals surface area contributed by atoms with Crippen LogP contribution in [0.15, 0.2) is 17.1 Å². The molecule has 0 saturated carbocycles. The molecule has 1 aliphatic rings. The molecule has 1 saturated heterocycles. The second-order valence-electron chi connectivity index (χ2n) is 6.52. The molecule has 0 bridgehead atoms. The number of esters is 1. The molecular weight excluding hydrogens is 362 g/mol. The van der Waals surface area contributed by atoms with E-state index in [2.05, 4.69) is 15.2 Å². The van der Waals surface area contributed by atoms with Gasteiger partial charge in [-0.15, -0.1) is 0 Å². The van der Waals surface area contributed by atoms with Crippen LogP contribution in [-0.2, 0) is 16.0 Å². The summed E-state index contributed by atoms with van der Waals surface area (Å²) in [6, 6.07) is 3.70. The molecule has 0 aromatic heterocycles. The number of carbonyl (C=O) groups is 1. The van der Waals surface area contributed by atoms with Crippen LogP contribution >= 0.6 is 0 Å². The number of methoxy groups -OCH3 is 4. The Labute approximate surface area is 166 Å². The van der Waals surface area contributed by atoms with Crippen molar-refractivity contribution in [2.24, 2.45) is 10.9 Å². The van der Waals surface area contributed by atoms with E-state index in [4.69, 9.17) is 18.9 Å². The van der Waals surface area contributed by atoms with Crippen LogP contribution in [0.1, 0.15) is 18.4 Å². The van der Waals surface area contributed by atoms with Crippen LogP contribution in [-0.4, -0.2) is 71.9 Å². The summed E-state index contributed by atoms with van der Waals surface area (Å²) in [5.41, 5.74) is 0.971. The minimum absolute atomic E-state index is 0.0211. The first-order valence-electron chi connectivity index (χ1n) is 9.40. The summed E-state index contributed by atoms with van der Waals surface area (Å²) in [7, 11) is 8.09. The maximum atomic E-state index is 11.7. The third-order valence-electron chi connectivity index (χ3n) is 5.02. The van der Waals surface area contributed by atoms with Crippen molar-refractivity contribution < 1.29 is 23.7 Å². The van der Waals surface area contributed by atoms with Crippen LogP contribution in [0.2, 0.25) is 0 Å².